The van der Waals surface area contributed by atoms with Gasteiger partial charge in [-0.05, 0) is 36.5 Å². The third kappa shape index (κ3) is 4.09. The lowest BCUT2D eigenvalue weighted by atomic mass is 9.79. The number of hydrogen-bond acceptors (Lipinski definition) is 6. The Morgan fingerprint density at radius 3 is 2.24 bits per heavy atom. The maximum Gasteiger partial charge on any atom is 0.299 e. The van der Waals surface area contributed by atoms with Crippen LogP contribution in [0.4, 0.5) is 0 Å². The molecule has 1 aromatic carbocycles. The molecule has 2 aromatic rings. The van der Waals surface area contributed by atoms with E-state index in [1.165, 1.54) is 7.11 Å². The molecule has 0 unspecified atom stereocenters. The molecule has 0 amide bonds. The molecule has 0 radical (unpaired) electrons. The van der Waals surface area contributed by atoms with Crippen LogP contribution in [0.2, 0.25) is 0 Å². The highest BCUT2D eigenvalue weighted by atomic mass is 16.5. The van der Waals surface area contributed by atoms with Crippen molar-refractivity contribution in [2.75, 3.05) is 14.2 Å². The Bertz CT molecular complexity index is 939. The topological polar surface area (TPSA) is 98.0 Å². The summed E-state index contributed by atoms with van der Waals surface area (Å²) in [6.45, 7) is 2.17. The summed E-state index contributed by atoms with van der Waals surface area (Å²) in [5, 5.41) is 21.3. The second-order valence-electron chi connectivity index (χ2n) is 7.64. The van der Waals surface area contributed by atoms with Crippen molar-refractivity contribution in [1.29, 1.82) is 0 Å². The van der Waals surface area contributed by atoms with Gasteiger partial charge in [-0.1, -0.05) is 31.9 Å². The molecule has 1 saturated carbocycles. The monoisotopic (exact) mass is 401 g/mol. The Labute approximate surface area is 169 Å². The van der Waals surface area contributed by atoms with Gasteiger partial charge >= 0.3 is 0 Å². The average molecular weight is 401 g/mol. The maximum atomic E-state index is 13.1. The van der Waals surface area contributed by atoms with Crippen LogP contribution >= 0.6 is 0 Å². The predicted molar refractivity (Wildman–Crippen MR) is 108 cm³/mol. The van der Waals surface area contributed by atoms with Gasteiger partial charge in [-0.3, -0.25) is 14.2 Å². The normalized spacial score (nSPS) is 19.0. The minimum absolute atomic E-state index is 0.0211. The first kappa shape index (κ1) is 20.8. The maximum absolute atomic E-state index is 13.1. The van der Waals surface area contributed by atoms with Crippen molar-refractivity contribution >= 4 is 5.78 Å². The predicted octanol–water partition coefficient (Wildman–Crippen LogP) is 3.33. The number of nitrogens with zero attached hydrogens (tertiary/aromatic N) is 1. The molecule has 1 aromatic heterocycles. The van der Waals surface area contributed by atoms with Crippen LogP contribution in [-0.4, -0.2) is 34.8 Å². The van der Waals surface area contributed by atoms with E-state index in [1.54, 1.807) is 31.4 Å². The summed E-state index contributed by atoms with van der Waals surface area (Å²) in [5.74, 6) is -0.898. The van der Waals surface area contributed by atoms with Crippen LogP contribution in [0.1, 0.15) is 48.5 Å². The van der Waals surface area contributed by atoms with Gasteiger partial charge in [0.25, 0.3) is 5.56 Å². The Kier molecular flexibility index (Phi) is 6.15. The lowest BCUT2D eigenvalue weighted by molar-refractivity contribution is 0.0867. The zero-order valence-electron chi connectivity index (χ0n) is 17.0. The number of pyridine rings is 1. The summed E-state index contributed by atoms with van der Waals surface area (Å²) in [6, 6.07) is 7.00. The van der Waals surface area contributed by atoms with Gasteiger partial charge in [0.1, 0.15) is 11.3 Å². The fraction of sp³-hybridized carbons (Fsp3) is 0.455. The largest absolute Gasteiger partial charge is 0.503 e. The molecule has 29 heavy (non-hydrogen) atoms. The Morgan fingerprint density at radius 1 is 1.07 bits per heavy atom. The van der Waals surface area contributed by atoms with E-state index < -0.39 is 17.2 Å². The fourth-order valence-electron chi connectivity index (χ4n) is 3.87. The molecule has 0 spiro atoms. The van der Waals surface area contributed by atoms with E-state index in [1.807, 2.05) is 0 Å². The zero-order valence-corrected chi connectivity index (χ0v) is 17.0. The smallest absolute Gasteiger partial charge is 0.299 e. The van der Waals surface area contributed by atoms with E-state index >= 15 is 0 Å². The quantitative estimate of drug-likeness (QED) is 0.721. The van der Waals surface area contributed by atoms with Crippen molar-refractivity contribution in [2.24, 2.45) is 11.8 Å². The van der Waals surface area contributed by atoms with E-state index in [-0.39, 0.29) is 29.6 Å². The molecule has 0 aliphatic heterocycles. The van der Waals surface area contributed by atoms with Crippen molar-refractivity contribution in [3.05, 3.63) is 45.7 Å². The molecule has 1 aliphatic carbocycles. The lowest BCUT2D eigenvalue weighted by Crippen LogP contribution is -2.27. The minimum atomic E-state index is -0.702. The first-order valence-electron chi connectivity index (χ1n) is 9.77. The van der Waals surface area contributed by atoms with Crippen LogP contribution < -0.4 is 15.0 Å². The van der Waals surface area contributed by atoms with Crippen LogP contribution in [0.25, 0.3) is 0 Å². The van der Waals surface area contributed by atoms with Crippen LogP contribution in [0, 0.1) is 11.8 Å². The summed E-state index contributed by atoms with van der Waals surface area (Å²) >= 11 is 0. The number of ketones is 1. The molecule has 0 bridgehead atoms. The summed E-state index contributed by atoms with van der Waals surface area (Å²) in [4.78, 5) is 25.9. The van der Waals surface area contributed by atoms with E-state index in [0.29, 0.717) is 24.5 Å². The molecule has 1 aliphatic rings. The number of hydrogen-bond donors (Lipinski definition) is 2. The highest BCUT2D eigenvalue weighted by molar-refractivity contribution is 6.02. The number of ether oxygens (including phenoxy) is 2. The molecule has 156 valence electrons. The van der Waals surface area contributed by atoms with Gasteiger partial charge in [0, 0.05) is 5.92 Å². The molecule has 0 saturated heterocycles. The second-order valence-corrected chi connectivity index (χ2v) is 7.64. The number of carbonyl (C=O) groups is 1. The average Bonchev–Trinajstić information content (AvgIpc) is 2.72. The van der Waals surface area contributed by atoms with E-state index in [0.717, 1.165) is 23.0 Å². The minimum Gasteiger partial charge on any atom is -0.503 e. The summed E-state index contributed by atoms with van der Waals surface area (Å²) < 4.78 is 11.3. The molecular weight excluding hydrogens is 374 g/mol. The molecule has 7 heteroatoms. The Balaban J connectivity index is 2.03. The van der Waals surface area contributed by atoms with Gasteiger partial charge in [0.15, 0.2) is 11.5 Å². The molecule has 1 fully saturated rings. The summed E-state index contributed by atoms with van der Waals surface area (Å²) in [6.07, 6.45) is 3.22. The van der Waals surface area contributed by atoms with Gasteiger partial charge in [-0.2, -0.15) is 0 Å². The van der Waals surface area contributed by atoms with Crippen molar-refractivity contribution < 1.29 is 24.5 Å². The Morgan fingerprint density at radius 2 is 1.69 bits per heavy atom. The number of aromatic nitrogens is 1. The second kappa shape index (κ2) is 8.59. The molecule has 2 N–H and O–H groups in total. The third-order valence-electron chi connectivity index (χ3n) is 5.71. The van der Waals surface area contributed by atoms with Crippen LogP contribution in [0.3, 0.4) is 0 Å². The highest BCUT2D eigenvalue weighted by Crippen LogP contribution is 2.38. The van der Waals surface area contributed by atoms with Crippen LogP contribution in [0.5, 0.6) is 23.1 Å². The van der Waals surface area contributed by atoms with Crippen LogP contribution in [0.15, 0.2) is 29.1 Å². The zero-order chi connectivity index (χ0) is 21.1. The third-order valence-corrected chi connectivity index (χ3v) is 5.71. The standard InChI is InChI=1S/C22H27NO6/c1-13-4-8-15(9-5-13)18(24)17-19(25)20(29-3)22(27)23(21(17)26)12-14-6-10-16(28-2)11-7-14/h6-7,10-11,13,15,25-26H,4-5,8-9,12H2,1-3H3. The molecule has 0 atom stereocenters. The number of methoxy groups -OCH3 is 2. The van der Waals surface area contributed by atoms with E-state index in [2.05, 4.69) is 6.92 Å². The first-order valence-corrected chi connectivity index (χ1v) is 9.77. The van der Waals surface area contributed by atoms with Crippen LogP contribution in [-0.2, 0) is 6.54 Å². The summed E-state index contributed by atoms with van der Waals surface area (Å²) in [7, 11) is 2.81. The van der Waals surface area contributed by atoms with Gasteiger partial charge in [-0.25, -0.2) is 0 Å². The SMILES string of the molecule is COc1ccc(Cn2c(O)c(C(=O)C3CCC(C)CC3)c(O)c(OC)c2=O)cc1. The first-order chi connectivity index (χ1) is 13.9. The number of rotatable bonds is 6. The highest BCUT2D eigenvalue weighted by Gasteiger charge is 2.33. The van der Waals surface area contributed by atoms with Gasteiger partial charge < -0.3 is 19.7 Å². The van der Waals surface area contributed by atoms with E-state index in [4.69, 9.17) is 9.47 Å². The molecule has 1 heterocycles. The van der Waals surface area contributed by atoms with Crippen molar-refractivity contribution in [3.8, 4) is 23.1 Å². The summed E-state index contributed by atoms with van der Waals surface area (Å²) in [5.41, 5.74) is -0.220. The van der Waals surface area contributed by atoms with E-state index in [9.17, 15) is 19.8 Å². The number of Topliss-reactive ketones (excluding diaryl/α,β-unsaturated/α-hetero) is 1. The van der Waals surface area contributed by atoms with Crippen molar-refractivity contribution in [2.45, 2.75) is 39.2 Å². The molecular formula is C22H27NO6. The fourth-order valence-corrected chi connectivity index (χ4v) is 3.87. The van der Waals surface area contributed by atoms with Gasteiger partial charge in [-0.15, -0.1) is 0 Å². The number of benzene rings is 1. The van der Waals surface area contributed by atoms with Crippen molar-refractivity contribution in [1.82, 2.24) is 4.57 Å². The number of carbonyl (C=O) groups excluding carboxylic acids is 1. The molecule has 7 nitrogen and oxygen atoms in total. The van der Waals surface area contributed by atoms with Gasteiger partial charge in [0.2, 0.25) is 11.6 Å². The lowest BCUT2D eigenvalue weighted by Gasteiger charge is -2.26. The number of aromatic hydroxyl groups is 2. The van der Waals surface area contributed by atoms with Gasteiger partial charge in [0.05, 0.1) is 20.8 Å². The molecule has 3 rings (SSSR count). The Hall–Kier alpha value is -2.96. The van der Waals surface area contributed by atoms with Crippen molar-refractivity contribution in [3.63, 3.8) is 0 Å².